The topological polar surface area (TPSA) is 227 Å². The number of benzene rings is 2. The molecule has 11 heteroatoms. The van der Waals surface area contributed by atoms with Gasteiger partial charge < -0.3 is 37.6 Å². The fourth-order valence-electron chi connectivity index (χ4n) is 2.23. The highest BCUT2D eigenvalue weighted by atomic mass is 32.3. The van der Waals surface area contributed by atoms with Crippen LogP contribution < -0.4 is 28.5 Å². The number of aromatic nitrogens is 1. The number of nitrogens with two attached hydrogens (primary N) is 2. The van der Waals surface area contributed by atoms with Gasteiger partial charge in [-0.15, -0.1) is 0 Å². The van der Waals surface area contributed by atoms with E-state index in [9.17, 15) is 0 Å². The summed E-state index contributed by atoms with van der Waals surface area (Å²) in [7, 11) is -5.17. The van der Waals surface area contributed by atoms with E-state index in [2.05, 4.69) is 4.98 Å². The summed E-state index contributed by atoms with van der Waals surface area (Å²) >= 11 is 0. The fraction of sp³-hybridized carbons (Fsp3) is 0.133. The lowest BCUT2D eigenvalue weighted by molar-refractivity contribution is 0.340. The van der Waals surface area contributed by atoms with Crippen LogP contribution >= 0.6 is 0 Å². The highest BCUT2D eigenvalue weighted by Gasteiger charge is 2.07. The van der Waals surface area contributed by atoms with Crippen molar-refractivity contribution in [3.8, 4) is 5.75 Å². The third-order valence-corrected chi connectivity index (χ3v) is 3.12. The molecule has 0 saturated carbocycles. The van der Waals surface area contributed by atoms with E-state index in [1.807, 2.05) is 43.3 Å². The predicted molar refractivity (Wildman–Crippen MR) is 102 cm³/mol. The van der Waals surface area contributed by atoms with Crippen LogP contribution in [0, 0.1) is 0 Å². The number of anilines is 2. The van der Waals surface area contributed by atoms with Crippen LogP contribution in [0.25, 0.3) is 21.8 Å². The summed E-state index contributed by atoms with van der Waals surface area (Å²) in [5.41, 5.74) is 15.1. The van der Waals surface area contributed by atoms with Crippen LogP contribution in [-0.4, -0.2) is 29.1 Å². The zero-order valence-electron chi connectivity index (χ0n) is 14.7. The number of fused-ring (bicyclic) bond motifs is 2. The van der Waals surface area contributed by atoms with Crippen molar-refractivity contribution in [2.75, 3.05) is 18.1 Å². The lowest BCUT2D eigenvalue weighted by Gasteiger charge is -2.09. The molecule has 0 bridgehead atoms. The predicted octanol–water partition coefficient (Wildman–Crippen LogP) is 2.37. The minimum atomic E-state index is -5.17. The van der Waals surface area contributed by atoms with Crippen molar-refractivity contribution in [1.29, 1.82) is 0 Å². The molecule has 0 aliphatic rings. The Bertz CT molecular complexity index is 987. The average molecular weight is 385 g/mol. The zero-order chi connectivity index (χ0) is 17.9. The van der Waals surface area contributed by atoms with Gasteiger partial charge in [0.2, 0.25) is 0 Å². The summed E-state index contributed by atoms with van der Waals surface area (Å²) < 4.78 is 39.6. The zero-order valence-corrected chi connectivity index (χ0v) is 15.5. The maximum atomic E-state index is 8.52. The molecule has 0 saturated heterocycles. The minimum absolute atomic E-state index is 0. The number of rotatable bonds is 2. The van der Waals surface area contributed by atoms with Crippen LogP contribution in [0.2, 0.25) is 0 Å². The number of nitrogens with zero attached hydrogens (tertiary/aromatic N) is 1. The van der Waals surface area contributed by atoms with E-state index in [4.69, 9.17) is 33.7 Å². The Hall–Kier alpha value is -2.70. The third kappa shape index (κ3) is 5.98. The number of hydrogen-bond acceptors (Lipinski definition) is 8. The Morgan fingerprint density at radius 2 is 1.62 bits per heavy atom. The fourth-order valence-corrected chi connectivity index (χ4v) is 2.23. The monoisotopic (exact) mass is 385 g/mol. The van der Waals surface area contributed by atoms with E-state index in [1.165, 1.54) is 0 Å². The summed E-state index contributed by atoms with van der Waals surface area (Å²) in [6, 6.07) is 11.3. The molecule has 144 valence electrons. The average Bonchev–Trinajstić information content (AvgIpc) is 2.46. The molecule has 26 heavy (non-hydrogen) atoms. The molecule has 0 unspecified atom stereocenters. The van der Waals surface area contributed by atoms with E-state index in [-0.39, 0.29) is 12.3 Å². The van der Waals surface area contributed by atoms with Crippen LogP contribution in [-0.2, 0) is 10.4 Å². The lowest BCUT2D eigenvalue weighted by Crippen LogP contribution is -1.96. The Labute approximate surface area is 150 Å². The summed E-state index contributed by atoms with van der Waals surface area (Å²) in [5, 5.41) is 1.82. The molecule has 0 amide bonds. The minimum Gasteiger partial charge on any atom is -0.759 e. The summed E-state index contributed by atoms with van der Waals surface area (Å²) in [4.78, 5) is 4.59. The normalized spacial score (nSPS) is 10.3. The molecule has 3 rings (SSSR count). The van der Waals surface area contributed by atoms with Crippen molar-refractivity contribution in [3.05, 3.63) is 36.4 Å². The molecule has 0 radical (unpaired) electrons. The van der Waals surface area contributed by atoms with Gasteiger partial charge in [-0.1, -0.05) is 0 Å². The SMILES string of the molecule is CCOc1ccc2nc3cc(N)ccc3c(N)c2c1.O=S(=O)([O-])[O-].[NH4+].[NH4+]. The first-order valence-corrected chi connectivity index (χ1v) is 8.20. The van der Waals surface area contributed by atoms with Gasteiger partial charge >= 0.3 is 0 Å². The largest absolute Gasteiger partial charge is 0.759 e. The van der Waals surface area contributed by atoms with Crippen LogP contribution in [0.15, 0.2) is 36.4 Å². The summed E-state index contributed by atoms with van der Waals surface area (Å²) in [6.07, 6.45) is 0. The Morgan fingerprint density at radius 1 is 1.00 bits per heavy atom. The van der Waals surface area contributed by atoms with E-state index in [0.717, 1.165) is 27.6 Å². The number of hydrogen-bond donors (Lipinski definition) is 4. The molecule has 12 N–H and O–H groups in total. The van der Waals surface area contributed by atoms with Gasteiger partial charge in [-0.05, 0) is 43.3 Å². The molecule has 0 aliphatic carbocycles. The number of nitrogen functional groups attached to an aromatic ring is 2. The van der Waals surface area contributed by atoms with Crippen molar-refractivity contribution >= 4 is 43.6 Å². The van der Waals surface area contributed by atoms with Gasteiger partial charge in [-0.3, -0.25) is 8.42 Å². The summed E-state index contributed by atoms with van der Waals surface area (Å²) in [6.45, 7) is 2.58. The van der Waals surface area contributed by atoms with Gasteiger partial charge in [0.25, 0.3) is 0 Å². The van der Waals surface area contributed by atoms with Crippen molar-refractivity contribution in [1.82, 2.24) is 17.3 Å². The molecule has 3 aromatic rings. The molecule has 0 fully saturated rings. The van der Waals surface area contributed by atoms with Gasteiger partial charge in [0.05, 0.1) is 23.3 Å². The van der Waals surface area contributed by atoms with Crippen LogP contribution in [0.4, 0.5) is 11.4 Å². The first kappa shape index (κ1) is 23.3. The molecule has 2 aromatic carbocycles. The maximum absolute atomic E-state index is 8.52. The number of pyridine rings is 1. The molecule has 10 nitrogen and oxygen atoms in total. The molecule has 1 heterocycles. The first-order valence-electron chi connectivity index (χ1n) is 6.87. The standard InChI is InChI=1S/C15H15N3O.2H3N.H2O4S/c1-2-19-10-4-6-13-12(8-10)15(17)11-5-3-9(16)7-14(11)18-13;;;1-5(2,3)4/h3-8H,2,16H2,1H3,(H2,17,18);2*1H3;(H2,1,2,3,4). The van der Waals surface area contributed by atoms with Crippen molar-refractivity contribution in [2.45, 2.75) is 6.92 Å². The van der Waals surface area contributed by atoms with Crippen LogP contribution in [0.1, 0.15) is 6.92 Å². The third-order valence-electron chi connectivity index (χ3n) is 3.12. The molecule has 1 aromatic heterocycles. The van der Waals surface area contributed by atoms with Crippen molar-refractivity contribution < 1.29 is 22.3 Å². The van der Waals surface area contributed by atoms with Gasteiger partial charge in [-0.25, -0.2) is 4.98 Å². The van der Waals surface area contributed by atoms with E-state index in [1.54, 1.807) is 0 Å². The Morgan fingerprint density at radius 3 is 2.19 bits per heavy atom. The Kier molecular flexibility index (Phi) is 8.18. The maximum Gasteiger partial charge on any atom is 0.120 e. The summed E-state index contributed by atoms with van der Waals surface area (Å²) in [5.74, 6) is 0.804. The second-order valence-corrected chi connectivity index (χ2v) is 5.64. The van der Waals surface area contributed by atoms with Gasteiger partial charge in [0.1, 0.15) is 5.75 Å². The highest BCUT2D eigenvalue weighted by molar-refractivity contribution is 7.79. The van der Waals surface area contributed by atoms with E-state index < -0.39 is 10.4 Å². The molecule has 0 atom stereocenters. The van der Waals surface area contributed by atoms with E-state index in [0.29, 0.717) is 18.0 Å². The smallest absolute Gasteiger partial charge is 0.120 e. The second-order valence-electron chi connectivity index (χ2n) is 4.82. The van der Waals surface area contributed by atoms with Crippen LogP contribution in [0.5, 0.6) is 5.75 Å². The second kappa shape index (κ2) is 9.12. The van der Waals surface area contributed by atoms with Crippen molar-refractivity contribution in [2.24, 2.45) is 0 Å². The highest BCUT2D eigenvalue weighted by Crippen LogP contribution is 2.31. The van der Waals surface area contributed by atoms with E-state index >= 15 is 0 Å². The van der Waals surface area contributed by atoms with Crippen LogP contribution in [0.3, 0.4) is 0 Å². The Balaban J connectivity index is 0.000000798. The van der Waals surface area contributed by atoms with Gasteiger partial charge in [-0.2, -0.15) is 0 Å². The van der Waals surface area contributed by atoms with Gasteiger partial charge in [0, 0.05) is 26.9 Å². The van der Waals surface area contributed by atoms with Crippen molar-refractivity contribution in [3.63, 3.8) is 0 Å². The molecule has 0 aliphatic heterocycles. The molecule has 0 spiro atoms. The quantitative estimate of drug-likeness (QED) is 0.221. The van der Waals surface area contributed by atoms with Gasteiger partial charge in [0.15, 0.2) is 0 Å². The number of ether oxygens (including phenoxy) is 1. The molecular formula is C15H23N5O5S. The first-order chi connectivity index (χ1) is 11.2. The molecular weight excluding hydrogens is 362 g/mol. The number of quaternary nitrogens is 2. The lowest BCUT2D eigenvalue weighted by atomic mass is 10.1.